The van der Waals surface area contributed by atoms with Crippen molar-refractivity contribution in [3.05, 3.63) is 39.4 Å². The Morgan fingerprint density at radius 2 is 2.21 bits per heavy atom. The number of carbonyl (C=O) groups is 1. The first-order valence-electron chi connectivity index (χ1n) is 3.67. The van der Waals surface area contributed by atoms with Crippen molar-refractivity contribution in [1.82, 2.24) is 0 Å². The number of hydrogen-bond donors (Lipinski definition) is 1. The number of benzene rings is 1. The fraction of sp³-hybridized carbons (Fsp3) is 0.125. The minimum absolute atomic E-state index is 0.00986. The zero-order valence-electron chi connectivity index (χ0n) is 7.26. The van der Waals surface area contributed by atoms with E-state index in [1.54, 1.807) is 0 Å². The highest BCUT2D eigenvalue weighted by molar-refractivity contribution is 5.90. The van der Waals surface area contributed by atoms with Crippen molar-refractivity contribution in [2.24, 2.45) is 0 Å². The lowest BCUT2D eigenvalue weighted by atomic mass is 10.1. The third kappa shape index (κ3) is 1.98. The molecule has 1 aromatic carbocycles. The van der Waals surface area contributed by atoms with Gasteiger partial charge in [0, 0.05) is 0 Å². The van der Waals surface area contributed by atoms with E-state index in [0.29, 0.717) is 0 Å². The second-order valence-corrected chi connectivity index (χ2v) is 2.55. The van der Waals surface area contributed by atoms with Gasteiger partial charge in [0.2, 0.25) is 0 Å². The van der Waals surface area contributed by atoms with Crippen molar-refractivity contribution < 1.29 is 19.8 Å². The Hall–Kier alpha value is -2.11. The summed E-state index contributed by atoms with van der Waals surface area (Å²) in [6.45, 7) is 1.45. The SMILES string of the molecule is Cc1c(O[N+](=O)[O-])cccc1C(=O)O. The van der Waals surface area contributed by atoms with Gasteiger partial charge in [0.05, 0.1) is 5.56 Å². The van der Waals surface area contributed by atoms with Crippen molar-refractivity contribution in [2.45, 2.75) is 6.92 Å². The molecule has 1 N–H and O–H groups in total. The van der Waals surface area contributed by atoms with E-state index in [2.05, 4.69) is 4.84 Å². The van der Waals surface area contributed by atoms with Crippen molar-refractivity contribution in [3.8, 4) is 5.75 Å². The van der Waals surface area contributed by atoms with Crippen molar-refractivity contribution in [3.63, 3.8) is 0 Å². The van der Waals surface area contributed by atoms with Crippen LogP contribution in [0.3, 0.4) is 0 Å². The zero-order chi connectivity index (χ0) is 10.7. The first-order chi connectivity index (χ1) is 6.52. The summed E-state index contributed by atoms with van der Waals surface area (Å²) in [5, 5.41) is 17.8. The predicted octanol–water partition coefficient (Wildman–Crippen LogP) is 1.26. The molecule has 0 saturated heterocycles. The molecule has 0 unspecified atom stereocenters. The van der Waals surface area contributed by atoms with Gasteiger partial charge < -0.3 is 5.11 Å². The van der Waals surface area contributed by atoms with Gasteiger partial charge in [0.25, 0.3) is 5.09 Å². The summed E-state index contributed by atoms with van der Waals surface area (Å²) >= 11 is 0. The van der Waals surface area contributed by atoms with Crippen LogP contribution in [0.5, 0.6) is 5.75 Å². The molecule has 1 rings (SSSR count). The fourth-order valence-electron chi connectivity index (χ4n) is 1.03. The Balaban J connectivity index is 3.13. The van der Waals surface area contributed by atoms with E-state index in [0.717, 1.165) is 0 Å². The molecule has 0 atom stereocenters. The molecule has 14 heavy (non-hydrogen) atoms. The molecule has 0 aliphatic carbocycles. The number of rotatable bonds is 3. The first-order valence-corrected chi connectivity index (χ1v) is 3.67. The summed E-state index contributed by atoms with van der Waals surface area (Å²) in [5.41, 5.74) is 0.223. The third-order valence-corrected chi connectivity index (χ3v) is 1.69. The van der Waals surface area contributed by atoms with E-state index in [1.807, 2.05) is 0 Å². The number of carboxylic acid groups (broad SMARTS) is 1. The summed E-state index contributed by atoms with van der Waals surface area (Å²) in [6.07, 6.45) is 0. The molecule has 0 aromatic heterocycles. The molecule has 0 saturated carbocycles. The van der Waals surface area contributed by atoms with Crippen LogP contribution in [0.1, 0.15) is 15.9 Å². The molecule has 0 bridgehead atoms. The molecule has 0 aliphatic heterocycles. The molecule has 0 fully saturated rings. The number of nitrogens with zero attached hydrogens (tertiary/aromatic N) is 1. The van der Waals surface area contributed by atoms with E-state index in [1.165, 1.54) is 25.1 Å². The van der Waals surface area contributed by atoms with Crippen LogP contribution in [0.25, 0.3) is 0 Å². The summed E-state index contributed by atoms with van der Waals surface area (Å²) in [4.78, 5) is 24.9. The number of aromatic carboxylic acids is 1. The number of carboxylic acids is 1. The van der Waals surface area contributed by atoms with Crippen molar-refractivity contribution in [2.75, 3.05) is 0 Å². The summed E-state index contributed by atoms with van der Waals surface area (Å²) in [6, 6.07) is 4.07. The number of hydrogen-bond acceptors (Lipinski definition) is 4. The minimum atomic E-state index is -1.14. The maximum atomic E-state index is 10.6. The molecule has 0 heterocycles. The highest BCUT2D eigenvalue weighted by Gasteiger charge is 2.11. The maximum Gasteiger partial charge on any atom is 0.336 e. The molecule has 1 aromatic rings. The van der Waals surface area contributed by atoms with E-state index < -0.39 is 11.1 Å². The van der Waals surface area contributed by atoms with E-state index >= 15 is 0 Å². The van der Waals surface area contributed by atoms with E-state index in [9.17, 15) is 14.9 Å². The monoisotopic (exact) mass is 197 g/mol. The van der Waals surface area contributed by atoms with Crippen LogP contribution in [0.15, 0.2) is 18.2 Å². The summed E-state index contributed by atoms with van der Waals surface area (Å²) in [5.74, 6) is -1.20. The highest BCUT2D eigenvalue weighted by atomic mass is 17.0. The Labute approximate surface area is 78.8 Å². The Kier molecular flexibility index (Phi) is 2.66. The zero-order valence-corrected chi connectivity index (χ0v) is 7.26. The maximum absolute atomic E-state index is 10.6. The van der Waals surface area contributed by atoms with Gasteiger partial charge in [0.15, 0.2) is 0 Å². The molecule has 6 nitrogen and oxygen atoms in total. The smallest absolute Gasteiger partial charge is 0.336 e. The fourth-order valence-corrected chi connectivity index (χ4v) is 1.03. The van der Waals surface area contributed by atoms with Crippen LogP contribution >= 0.6 is 0 Å². The minimum Gasteiger partial charge on any atom is -0.478 e. The van der Waals surface area contributed by atoms with Gasteiger partial charge in [-0.1, -0.05) is 6.07 Å². The molecule has 0 radical (unpaired) electrons. The van der Waals surface area contributed by atoms with E-state index in [4.69, 9.17) is 5.11 Å². The van der Waals surface area contributed by atoms with Crippen LogP contribution in [0.4, 0.5) is 0 Å². The quantitative estimate of drug-likeness (QED) is 0.581. The second-order valence-electron chi connectivity index (χ2n) is 2.55. The summed E-state index contributed by atoms with van der Waals surface area (Å²) < 4.78 is 0. The van der Waals surface area contributed by atoms with E-state index in [-0.39, 0.29) is 16.9 Å². The van der Waals surface area contributed by atoms with Gasteiger partial charge in [-0.15, -0.1) is 10.1 Å². The second kappa shape index (κ2) is 3.73. The van der Waals surface area contributed by atoms with Crippen molar-refractivity contribution >= 4 is 5.97 Å². The van der Waals surface area contributed by atoms with Gasteiger partial charge in [-0.25, -0.2) is 4.79 Å². The average Bonchev–Trinajstić information content (AvgIpc) is 2.07. The Bertz CT molecular complexity index is 387. The van der Waals surface area contributed by atoms with Gasteiger partial charge >= 0.3 is 5.97 Å². The van der Waals surface area contributed by atoms with Gasteiger partial charge in [-0.05, 0) is 24.6 Å². The molecule has 0 aliphatic rings. The van der Waals surface area contributed by atoms with Crippen LogP contribution in [0, 0.1) is 17.0 Å². The molecular formula is C8H7NO5. The molecule has 0 amide bonds. The first kappa shape index (κ1) is 9.97. The third-order valence-electron chi connectivity index (χ3n) is 1.69. The Morgan fingerprint density at radius 3 is 2.71 bits per heavy atom. The van der Waals surface area contributed by atoms with Gasteiger partial charge in [-0.3, -0.25) is 4.84 Å². The Morgan fingerprint density at radius 1 is 1.57 bits per heavy atom. The normalized spacial score (nSPS) is 9.50. The van der Waals surface area contributed by atoms with Crippen LogP contribution in [0.2, 0.25) is 0 Å². The predicted molar refractivity (Wildman–Crippen MR) is 45.8 cm³/mol. The summed E-state index contributed by atoms with van der Waals surface area (Å²) in [7, 11) is 0. The topological polar surface area (TPSA) is 89.7 Å². The lowest BCUT2D eigenvalue weighted by Gasteiger charge is -2.05. The molecular weight excluding hydrogens is 190 g/mol. The highest BCUT2D eigenvalue weighted by Crippen LogP contribution is 2.21. The van der Waals surface area contributed by atoms with Gasteiger partial charge in [-0.2, -0.15) is 0 Å². The van der Waals surface area contributed by atoms with Crippen LogP contribution < -0.4 is 4.84 Å². The largest absolute Gasteiger partial charge is 0.478 e. The van der Waals surface area contributed by atoms with Crippen molar-refractivity contribution in [1.29, 1.82) is 0 Å². The molecule has 6 heteroatoms. The molecule has 74 valence electrons. The lowest BCUT2D eigenvalue weighted by Crippen LogP contribution is -2.07. The average molecular weight is 197 g/mol. The van der Waals surface area contributed by atoms with Gasteiger partial charge in [0.1, 0.15) is 5.75 Å². The standard InChI is InChI=1S/C8H7NO5/c1-5-6(8(10)11)3-2-4-7(5)14-9(12)13/h2-4H,1H3,(H,10,11). The lowest BCUT2D eigenvalue weighted by molar-refractivity contribution is -0.711. The van der Waals surface area contributed by atoms with Crippen LogP contribution in [-0.4, -0.2) is 16.2 Å². The van der Waals surface area contributed by atoms with Crippen LogP contribution in [-0.2, 0) is 0 Å². The molecule has 0 spiro atoms.